The second-order valence-corrected chi connectivity index (χ2v) is 5.24. The van der Waals surface area contributed by atoms with Gasteiger partial charge in [0.15, 0.2) is 6.61 Å². The lowest BCUT2D eigenvalue weighted by molar-refractivity contribution is 0.330. The summed E-state index contributed by atoms with van der Waals surface area (Å²) in [5, 5.41) is 12.0. The number of rotatable bonds is 5. The van der Waals surface area contributed by atoms with Crippen LogP contribution in [0.15, 0.2) is 24.3 Å². The Labute approximate surface area is 115 Å². The van der Waals surface area contributed by atoms with Crippen molar-refractivity contribution < 1.29 is 4.74 Å². The lowest BCUT2D eigenvalue weighted by Gasteiger charge is -2.29. The zero-order valence-electron chi connectivity index (χ0n) is 11.6. The molecule has 0 spiro atoms. The van der Waals surface area contributed by atoms with E-state index in [0.29, 0.717) is 6.04 Å². The van der Waals surface area contributed by atoms with Gasteiger partial charge in [0, 0.05) is 11.7 Å². The molecule has 1 aromatic carbocycles. The van der Waals surface area contributed by atoms with Crippen molar-refractivity contribution in [3.8, 4) is 11.8 Å². The van der Waals surface area contributed by atoms with E-state index in [2.05, 4.69) is 12.2 Å². The number of anilines is 1. The van der Waals surface area contributed by atoms with Crippen LogP contribution in [-0.4, -0.2) is 12.6 Å². The van der Waals surface area contributed by atoms with Crippen LogP contribution in [0.4, 0.5) is 5.69 Å². The van der Waals surface area contributed by atoms with Gasteiger partial charge in [0.25, 0.3) is 0 Å². The highest BCUT2D eigenvalue weighted by atomic mass is 16.5. The summed E-state index contributed by atoms with van der Waals surface area (Å²) in [7, 11) is 0. The van der Waals surface area contributed by atoms with Crippen molar-refractivity contribution in [3.05, 3.63) is 24.3 Å². The molecule has 0 bridgehead atoms. The van der Waals surface area contributed by atoms with Crippen molar-refractivity contribution in [2.75, 3.05) is 11.9 Å². The molecule has 19 heavy (non-hydrogen) atoms. The molecule has 1 saturated carbocycles. The first-order chi connectivity index (χ1) is 9.31. The average Bonchev–Trinajstić information content (AvgIpc) is 2.47. The van der Waals surface area contributed by atoms with Crippen molar-refractivity contribution in [2.45, 2.75) is 45.1 Å². The van der Waals surface area contributed by atoms with Crippen LogP contribution < -0.4 is 10.1 Å². The fourth-order valence-electron chi connectivity index (χ4n) is 2.71. The number of ether oxygens (including phenoxy) is 1. The van der Waals surface area contributed by atoms with Crippen molar-refractivity contribution in [1.29, 1.82) is 5.26 Å². The Morgan fingerprint density at radius 2 is 1.89 bits per heavy atom. The first-order valence-corrected chi connectivity index (χ1v) is 7.18. The first-order valence-electron chi connectivity index (χ1n) is 7.18. The monoisotopic (exact) mass is 258 g/mol. The van der Waals surface area contributed by atoms with Gasteiger partial charge in [-0.1, -0.05) is 13.3 Å². The summed E-state index contributed by atoms with van der Waals surface area (Å²) in [5.41, 5.74) is 1.14. The van der Waals surface area contributed by atoms with Gasteiger partial charge in [-0.15, -0.1) is 0 Å². The molecule has 1 aromatic rings. The summed E-state index contributed by atoms with van der Waals surface area (Å²) in [6.45, 7) is 2.40. The van der Waals surface area contributed by atoms with E-state index < -0.39 is 0 Å². The van der Waals surface area contributed by atoms with Gasteiger partial charge in [-0.05, 0) is 55.9 Å². The molecule has 0 radical (unpaired) electrons. The normalized spacial score (nSPS) is 22.5. The van der Waals surface area contributed by atoms with Gasteiger partial charge in [-0.3, -0.25) is 0 Å². The smallest absolute Gasteiger partial charge is 0.174 e. The van der Waals surface area contributed by atoms with Gasteiger partial charge in [0.1, 0.15) is 11.8 Å². The molecular weight excluding hydrogens is 236 g/mol. The van der Waals surface area contributed by atoms with Crippen molar-refractivity contribution in [1.82, 2.24) is 0 Å². The standard InChI is InChI=1S/C16H22N2O/c1-2-13-3-5-14(6-4-13)18-15-7-9-16(10-8-15)19-12-11-17/h7-10,13-14,18H,2-6,12H2,1H3. The Hall–Kier alpha value is -1.69. The largest absolute Gasteiger partial charge is 0.479 e. The lowest BCUT2D eigenvalue weighted by atomic mass is 9.84. The Bertz CT molecular complexity index is 413. The number of nitrogens with one attached hydrogen (secondary N) is 1. The maximum atomic E-state index is 8.45. The highest BCUT2D eigenvalue weighted by molar-refractivity contribution is 5.47. The molecule has 0 aromatic heterocycles. The van der Waals surface area contributed by atoms with E-state index in [1.54, 1.807) is 0 Å². The molecule has 1 aliphatic carbocycles. The molecule has 0 unspecified atom stereocenters. The molecular formula is C16H22N2O. The molecule has 1 N–H and O–H groups in total. The van der Waals surface area contributed by atoms with Crippen LogP contribution in [-0.2, 0) is 0 Å². The zero-order chi connectivity index (χ0) is 13.5. The van der Waals surface area contributed by atoms with Crippen molar-refractivity contribution in [2.24, 2.45) is 5.92 Å². The number of benzene rings is 1. The Balaban J connectivity index is 1.81. The van der Waals surface area contributed by atoms with Crippen LogP contribution in [0.1, 0.15) is 39.0 Å². The molecule has 3 nitrogen and oxygen atoms in total. The van der Waals surface area contributed by atoms with E-state index in [0.717, 1.165) is 17.4 Å². The molecule has 102 valence electrons. The third-order valence-corrected chi connectivity index (χ3v) is 3.95. The van der Waals surface area contributed by atoms with Crippen LogP contribution in [0.5, 0.6) is 5.75 Å². The van der Waals surface area contributed by atoms with E-state index in [-0.39, 0.29) is 6.61 Å². The van der Waals surface area contributed by atoms with Crippen LogP contribution in [0.25, 0.3) is 0 Å². The lowest BCUT2D eigenvalue weighted by Crippen LogP contribution is -2.25. The van der Waals surface area contributed by atoms with Gasteiger partial charge in [-0.25, -0.2) is 0 Å². The summed E-state index contributed by atoms with van der Waals surface area (Å²) in [6, 6.07) is 10.5. The predicted molar refractivity (Wildman–Crippen MR) is 77.2 cm³/mol. The molecule has 0 heterocycles. The second kappa shape index (κ2) is 7.04. The molecule has 2 rings (SSSR count). The topological polar surface area (TPSA) is 45.0 Å². The minimum absolute atomic E-state index is 0.105. The zero-order valence-corrected chi connectivity index (χ0v) is 11.6. The average molecular weight is 258 g/mol. The first kappa shape index (κ1) is 13.7. The van der Waals surface area contributed by atoms with E-state index >= 15 is 0 Å². The van der Waals surface area contributed by atoms with Gasteiger partial charge in [0.05, 0.1) is 0 Å². The van der Waals surface area contributed by atoms with E-state index in [9.17, 15) is 0 Å². The van der Waals surface area contributed by atoms with Crippen LogP contribution >= 0.6 is 0 Å². The predicted octanol–water partition coefficient (Wildman–Crippen LogP) is 3.97. The van der Waals surface area contributed by atoms with Crippen LogP contribution in [0.3, 0.4) is 0 Å². The molecule has 0 aliphatic heterocycles. The molecule has 0 amide bonds. The Morgan fingerprint density at radius 3 is 2.47 bits per heavy atom. The maximum absolute atomic E-state index is 8.45. The summed E-state index contributed by atoms with van der Waals surface area (Å²) in [4.78, 5) is 0. The van der Waals surface area contributed by atoms with Crippen LogP contribution in [0, 0.1) is 17.2 Å². The molecule has 1 fully saturated rings. The second-order valence-electron chi connectivity index (χ2n) is 5.24. The van der Waals surface area contributed by atoms with Gasteiger partial charge in [0.2, 0.25) is 0 Å². The van der Waals surface area contributed by atoms with E-state index in [1.807, 2.05) is 30.3 Å². The van der Waals surface area contributed by atoms with Gasteiger partial charge >= 0.3 is 0 Å². The summed E-state index contributed by atoms with van der Waals surface area (Å²) >= 11 is 0. The maximum Gasteiger partial charge on any atom is 0.174 e. The fraction of sp³-hybridized carbons (Fsp3) is 0.562. The molecule has 0 saturated heterocycles. The molecule has 1 aliphatic rings. The fourth-order valence-corrected chi connectivity index (χ4v) is 2.71. The number of nitriles is 1. The minimum atomic E-state index is 0.105. The third kappa shape index (κ3) is 4.17. The third-order valence-electron chi connectivity index (χ3n) is 3.95. The molecule has 0 atom stereocenters. The van der Waals surface area contributed by atoms with E-state index in [4.69, 9.17) is 10.00 Å². The Kier molecular flexibility index (Phi) is 5.09. The number of hydrogen-bond donors (Lipinski definition) is 1. The van der Waals surface area contributed by atoms with Gasteiger partial charge < -0.3 is 10.1 Å². The summed E-state index contributed by atoms with van der Waals surface area (Å²) in [5.74, 6) is 1.68. The number of hydrogen-bond acceptors (Lipinski definition) is 3. The van der Waals surface area contributed by atoms with Crippen molar-refractivity contribution in [3.63, 3.8) is 0 Å². The molecule has 3 heteroatoms. The SMILES string of the molecule is CCC1CCC(Nc2ccc(OCC#N)cc2)CC1. The van der Waals surface area contributed by atoms with E-state index in [1.165, 1.54) is 32.1 Å². The summed E-state index contributed by atoms with van der Waals surface area (Å²) < 4.78 is 5.24. The summed E-state index contributed by atoms with van der Waals surface area (Å²) in [6.07, 6.45) is 6.54. The quantitative estimate of drug-likeness (QED) is 0.869. The Morgan fingerprint density at radius 1 is 1.21 bits per heavy atom. The number of nitrogens with zero attached hydrogens (tertiary/aromatic N) is 1. The van der Waals surface area contributed by atoms with Gasteiger partial charge in [-0.2, -0.15) is 5.26 Å². The highest BCUT2D eigenvalue weighted by Crippen LogP contribution is 2.28. The van der Waals surface area contributed by atoms with Crippen LogP contribution in [0.2, 0.25) is 0 Å². The van der Waals surface area contributed by atoms with Crippen molar-refractivity contribution >= 4 is 5.69 Å². The minimum Gasteiger partial charge on any atom is -0.479 e. The highest BCUT2D eigenvalue weighted by Gasteiger charge is 2.19.